The summed E-state index contributed by atoms with van der Waals surface area (Å²) in [6, 6.07) is 9.87. The molecule has 1 aromatic carbocycles. The number of benzene rings is 1. The van der Waals surface area contributed by atoms with E-state index in [-0.39, 0.29) is 11.8 Å². The van der Waals surface area contributed by atoms with Crippen molar-refractivity contribution in [3.05, 3.63) is 35.9 Å². The number of carbonyl (C=O) groups excluding carboxylic acids is 2. The average Bonchev–Trinajstić information content (AvgIpc) is 2.51. The first kappa shape index (κ1) is 18.2. The highest BCUT2D eigenvalue weighted by molar-refractivity contribution is 5.78. The van der Waals surface area contributed by atoms with E-state index in [1.54, 1.807) is 24.0 Å². The van der Waals surface area contributed by atoms with Crippen LogP contribution < -0.4 is 0 Å². The van der Waals surface area contributed by atoms with Crippen molar-refractivity contribution in [3.8, 4) is 0 Å². The lowest BCUT2D eigenvalue weighted by atomic mass is 10.2. The van der Waals surface area contributed by atoms with Gasteiger partial charge in [0, 0.05) is 53.7 Å². The number of nitrogens with zero attached hydrogens (tertiary/aromatic N) is 2. The van der Waals surface area contributed by atoms with E-state index in [9.17, 15) is 9.59 Å². The van der Waals surface area contributed by atoms with Crippen LogP contribution in [0.4, 0.5) is 0 Å². The fourth-order valence-electron chi connectivity index (χ4n) is 2.19. The maximum atomic E-state index is 12.2. The topological polar surface area (TPSA) is 49.9 Å². The quantitative estimate of drug-likeness (QED) is 0.655. The monoisotopic (exact) mass is 306 g/mol. The summed E-state index contributed by atoms with van der Waals surface area (Å²) in [7, 11) is 3.43. The summed E-state index contributed by atoms with van der Waals surface area (Å²) in [5.74, 6) is 0.0384. The van der Waals surface area contributed by atoms with Gasteiger partial charge in [0.25, 0.3) is 0 Å². The van der Waals surface area contributed by atoms with E-state index in [1.165, 1.54) is 6.92 Å². The summed E-state index contributed by atoms with van der Waals surface area (Å²) in [4.78, 5) is 27.1. The molecule has 0 atom stereocenters. The average molecular weight is 306 g/mol. The molecule has 0 heterocycles. The molecular weight excluding hydrogens is 280 g/mol. The molecule has 122 valence electrons. The van der Waals surface area contributed by atoms with Crippen LogP contribution in [-0.2, 0) is 20.9 Å². The molecule has 0 radical (unpaired) electrons. The molecule has 0 fully saturated rings. The van der Waals surface area contributed by atoms with Crippen LogP contribution in [0.5, 0.6) is 0 Å². The zero-order chi connectivity index (χ0) is 16.4. The third-order valence-corrected chi connectivity index (χ3v) is 3.51. The number of ether oxygens (including phenoxy) is 1. The summed E-state index contributed by atoms with van der Waals surface area (Å²) >= 11 is 0. The normalized spacial score (nSPS) is 10.3. The van der Waals surface area contributed by atoms with Gasteiger partial charge in [-0.25, -0.2) is 0 Å². The van der Waals surface area contributed by atoms with Crippen LogP contribution in [0.2, 0.25) is 0 Å². The molecule has 1 aromatic rings. The molecule has 1 rings (SSSR count). The molecule has 5 nitrogen and oxygen atoms in total. The Labute approximate surface area is 132 Å². The molecule has 0 aliphatic rings. The molecule has 2 amide bonds. The van der Waals surface area contributed by atoms with E-state index in [0.717, 1.165) is 12.0 Å². The summed E-state index contributed by atoms with van der Waals surface area (Å²) in [6.07, 6.45) is 1.13. The third kappa shape index (κ3) is 6.72. The number of carbonyl (C=O) groups is 2. The Bertz CT molecular complexity index is 462. The lowest BCUT2D eigenvalue weighted by Crippen LogP contribution is -2.35. The Morgan fingerprint density at radius 2 is 1.82 bits per heavy atom. The predicted molar refractivity (Wildman–Crippen MR) is 86.3 cm³/mol. The molecular formula is C17H26N2O3. The van der Waals surface area contributed by atoms with Gasteiger partial charge in [0.1, 0.15) is 0 Å². The van der Waals surface area contributed by atoms with E-state index in [0.29, 0.717) is 32.7 Å². The smallest absolute Gasteiger partial charge is 0.224 e. The van der Waals surface area contributed by atoms with Gasteiger partial charge in [-0.15, -0.1) is 0 Å². The largest absolute Gasteiger partial charge is 0.385 e. The highest BCUT2D eigenvalue weighted by atomic mass is 16.5. The number of rotatable bonds is 9. The second-order valence-electron chi connectivity index (χ2n) is 5.34. The number of hydrogen-bond donors (Lipinski definition) is 0. The first-order valence-corrected chi connectivity index (χ1v) is 7.57. The van der Waals surface area contributed by atoms with Gasteiger partial charge in [-0.2, -0.15) is 0 Å². The van der Waals surface area contributed by atoms with Crippen molar-refractivity contribution >= 4 is 11.8 Å². The van der Waals surface area contributed by atoms with Crippen molar-refractivity contribution < 1.29 is 14.3 Å². The molecule has 0 unspecified atom stereocenters. The van der Waals surface area contributed by atoms with Gasteiger partial charge < -0.3 is 14.5 Å². The van der Waals surface area contributed by atoms with Crippen LogP contribution in [0.3, 0.4) is 0 Å². The van der Waals surface area contributed by atoms with Crippen LogP contribution >= 0.6 is 0 Å². The van der Waals surface area contributed by atoms with Gasteiger partial charge in [-0.1, -0.05) is 30.3 Å². The van der Waals surface area contributed by atoms with E-state index < -0.39 is 0 Å². The van der Waals surface area contributed by atoms with Crippen molar-refractivity contribution in [3.63, 3.8) is 0 Å². The Balaban J connectivity index is 2.40. The number of amides is 2. The van der Waals surface area contributed by atoms with E-state index in [1.807, 2.05) is 30.3 Å². The standard InChI is InChI=1S/C17H26N2O3/c1-15(20)19(11-7-13-22-3)12-10-17(21)18(2)14-16-8-5-4-6-9-16/h4-6,8-9H,7,10-14H2,1-3H3. The second kappa shape index (κ2) is 9.95. The first-order valence-electron chi connectivity index (χ1n) is 7.57. The van der Waals surface area contributed by atoms with Gasteiger partial charge in [0.15, 0.2) is 0 Å². The maximum absolute atomic E-state index is 12.2. The zero-order valence-electron chi connectivity index (χ0n) is 13.7. The van der Waals surface area contributed by atoms with E-state index in [2.05, 4.69) is 0 Å². The SMILES string of the molecule is COCCCN(CCC(=O)N(C)Cc1ccccc1)C(C)=O. The number of methoxy groups -OCH3 is 1. The molecule has 5 heteroatoms. The van der Waals surface area contributed by atoms with Gasteiger partial charge in [-0.05, 0) is 12.0 Å². The van der Waals surface area contributed by atoms with Crippen LogP contribution in [-0.4, -0.2) is 55.5 Å². The van der Waals surface area contributed by atoms with Gasteiger partial charge >= 0.3 is 0 Å². The lowest BCUT2D eigenvalue weighted by Gasteiger charge is -2.23. The molecule has 0 aliphatic carbocycles. The Kier molecular flexibility index (Phi) is 8.22. The Morgan fingerprint density at radius 1 is 1.14 bits per heavy atom. The third-order valence-electron chi connectivity index (χ3n) is 3.51. The van der Waals surface area contributed by atoms with Crippen molar-refractivity contribution in [1.82, 2.24) is 9.80 Å². The van der Waals surface area contributed by atoms with E-state index >= 15 is 0 Å². The fraction of sp³-hybridized carbons (Fsp3) is 0.529. The van der Waals surface area contributed by atoms with Crippen molar-refractivity contribution in [2.24, 2.45) is 0 Å². The minimum Gasteiger partial charge on any atom is -0.385 e. The van der Waals surface area contributed by atoms with E-state index in [4.69, 9.17) is 4.74 Å². The molecule has 0 bridgehead atoms. The highest BCUT2D eigenvalue weighted by Gasteiger charge is 2.13. The predicted octanol–water partition coefficient (Wildman–Crippen LogP) is 1.92. The van der Waals surface area contributed by atoms with Crippen molar-refractivity contribution in [2.45, 2.75) is 26.3 Å². The van der Waals surface area contributed by atoms with Crippen LogP contribution in [0.15, 0.2) is 30.3 Å². The zero-order valence-corrected chi connectivity index (χ0v) is 13.7. The van der Waals surface area contributed by atoms with Crippen LogP contribution in [0.1, 0.15) is 25.3 Å². The highest BCUT2D eigenvalue weighted by Crippen LogP contribution is 2.05. The molecule has 0 spiro atoms. The second-order valence-corrected chi connectivity index (χ2v) is 5.34. The summed E-state index contributed by atoms with van der Waals surface area (Å²) in [6.45, 7) is 3.82. The summed E-state index contributed by atoms with van der Waals surface area (Å²) in [5, 5.41) is 0. The Hall–Kier alpha value is -1.88. The first-order chi connectivity index (χ1) is 10.5. The molecule has 22 heavy (non-hydrogen) atoms. The molecule has 0 N–H and O–H groups in total. The molecule has 0 saturated heterocycles. The summed E-state index contributed by atoms with van der Waals surface area (Å²) in [5.41, 5.74) is 1.10. The lowest BCUT2D eigenvalue weighted by molar-refractivity contribution is -0.133. The van der Waals surface area contributed by atoms with Crippen molar-refractivity contribution in [2.75, 3.05) is 33.9 Å². The minimum absolute atomic E-state index is 0.00499. The number of hydrogen-bond acceptors (Lipinski definition) is 3. The molecule has 0 saturated carbocycles. The van der Waals surface area contributed by atoms with Gasteiger partial charge in [0.2, 0.25) is 11.8 Å². The van der Waals surface area contributed by atoms with Gasteiger partial charge in [-0.3, -0.25) is 9.59 Å². The maximum Gasteiger partial charge on any atom is 0.224 e. The van der Waals surface area contributed by atoms with Crippen LogP contribution in [0.25, 0.3) is 0 Å². The minimum atomic E-state index is -0.00499. The summed E-state index contributed by atoms with van der Waals surface area (Å²) < 4.78 is 4.99. The van der Waals surface area contributed by atoms with Crippen molar-refractivity contribution in [1.29, 1.82) is 0 Å². The fourth-order valence-corrected chi connectivity index (χ4v) is 2.19. The molecule has 0 aromatic heterocycles. The van der Waals surface area contributed by atoms with Crippen LogP contribution in [0, 0.1) is 0 Å². The Morgan fingerprint density at radius 3 is 2.41 bits per heavy atom. The molecule has 0 aliphatic heterocycles. The van der Waals surface area contributed by atoms with Gasteiger partial charge in [0.05, 0.1) is 0 Å².